The van der Waals surface area contributed by atoms with Crippen LogP contribution < -0.4 is 5.32 Å². The molecule has 7 heteroatoms. The molecule has 1 aliphatic rings. The lowest BCUT2D eigenvalue weighted by molar-refractivity contribution is -0.121. The lowest BCUT2D eigenvalue weighted by Gasteiger charge is -2.14. The van der Waals surface area contributed by atoms with Crippen LogP contribution in [0.1, 0.15) is 6.42 Å². The minimum absolute atomic E-state index is 0.133. The van der Waals surface area contributed by atoms with Crippen molar-refractivity contribution >= 4 is 15.9 Å². The normalized spacial score (nSPS) is 21.3. The van der Waals surface area contributed by atoms with Crippen LogP contribution in [0.15, 0.2) is 0 Å². The summed E-state index contributed by atoms with van der Waals surface area (Å²) in [5, 5.41) is 2.70. The van der Waals surface area contributed by atoms with Gasteiger partial charge in [-0.05, 0) is 6.42 Å². The van der Waals surface area contributed by atoms with E-state index in [2.05, 4.69) is 5.32 Å². The fourth-order valence-electron chi connectivity index (χ4n) is 1.38. The van der Waals surface area contributed by atoms with Crippen LogP contribution in [-0.2, 0) is 19.6 Å². The predicted octanol–water partition coefficient (Wildman–Crippen LogP) is -0.969. The molecule has 0 aromatic carbocycles. The first-order valence-corrected chi connectivity index (χ1v) is 7.00. The van der Waals surface area contributed by atoms with E-state index in [1.807, 2.05) is 0 Å². The van der Waals surface area contributed by atoms with Crippen LogP contribution in [0.25, 0.3) is 0 Å². The predicted molar refractivity (Wildman–Crippen MR) is 59.4 cm³/mol. The van der Waals surface area contributed by atoms with E-state index in [9.17, 15) is 13.2 Å². The van der Waals surface area contributed by atoms with Crippen LogP contribution in [0.3, 0.4) is 0 Å². The van der Waals surface area contributed by atoms with Crippen LogP contribution in [0.5, 0.6) is 0 Å². The van der Waals surface area contributed by atoms with Gasteiger partial charge in [-0.1, -0.05) is 0 Å². The van der Waals surface area contributed by atoms with Crippen molar-refractivity contribution in [2.24, 2.45) is 5.92 Å². The highest BCUT2D eigenvalue weighted by Crippen LogP contribution is 2.10. The molecular weight excluding hydrogens is 232 g/mol. The van der Waals surface area contributed by atoms with E-state index in [-0.39, 0.29) is 12.5 Å². The summed E-state index contributed by atoms with van der Waals surface area (Å²) >= 11 is 0. The first kappa shape index (κ1) is 13.4. The number of rotatable bonds is 5. The van der Waals surface area contributed by atoms with E-state index >= 15 is 0 Å². The molecule has 94 valence electrons. The number of nitrogens with zero attached hydrogens (tertiary/aromatic N) is 1. The summed E-state index contributed by atoms with van der Waals surface area (Å²) in [7, 11) is -1.90. The molecule has 1 fully saturated rings. The molecule has 0 spiro atoms. The average Bonchev–Trinajstić information content (AvgIpc) is 2.65. The first-order chi connectivity index (χ1) is 7.39. The van der Waals surface area contributed by atoms with Gasteiger partial charge in [0.15, 0.2) is 0 Å². The average molecular weight is 250 g/mol. The highest BCUT2D eigenvalue weighted by molar-refractivity contribution is 7.88. The largest absolute Gasteiger partial charge is 0.381 e. The van der Waals surface area contributed by atoms with E-state index in [1.54, 1.807) is 0 Å². The van der Waals surface area contributed by atoms with Crippen molar-refractivity contribution in [3.8, 4) is 0 Å². The van der Waals surface area contributed by atoms with Gasteiger partial charge < -0.3 is 10.1 Å². The van der Waals surface area contributed by atoms with Gasteiger partial charge in [0.1, 0.15) is 0 Å². The number of ether oxygens (including phenoxy) is 1. The first-order valence-electron chi connectivity index (χ1n) is 5.15. The Labute approximate surface area is 96.0 Å². The van der Waals surface area contributed by atoms with E-state index in [1.165, 1.54) is 7.05 Å². The molecule has 1 atom stereocenters. The molecule has 1 aliphatic heterocycles. The lowest BCUT2D eigenvalue weighted by Crippen LogP contribution is -2.39. The maximum Gasteiger partial charge on any atom is 0.235 e. The molecule has 16 heavy (non-hydrogen) atoms. The Morgan fingerprint density at radius 3 is 2.75 bits per heavy atom. The van der Waals surface area contributed by atoms with Gasteiger partial charge in [0.2, 0.25) is 15.9 Å². The van der Waals surface area contributed by atoms with Gasteiger partial charge in [0.25, 0.3) is 0 Å². The molecule has 6 nitrogen and oxygen atoms in total. The molecule has 1 rings (SSSR count). The Kier molecular flexibility index (Phi) is 4.69. The summed E-state index contributed by atoms with van der Waals surface area (Å²) < 4.78 is 28.3. The number of sulfonamides is 1. The highest BCUT2D eigenvalue weighted by atomic mass is 32.2. The molecule has 1 N–H and O–H groups in total. The van der Waals surface area contributed by atoms with Crippen LogP contribution in [0.4, 0.5) is 0 Å². The number of amides is 1. The van der Waals surface area contributed by atoms with E-state index in [4.69, 9.17) is 4.74 Å². The van der Waals surface area contributed by atoms with Crippen molar-refractivity contribution in [3.05, 3.63) is 0 Å². The van der Waals surface area contributed by atoms with Crippen LogP contribution in [0, 0.1) is 5.92 Å². The Morgan fingerprint density at radius 1 is 1.56 bits per heavy atom. The third kappa shape index (κ3) is 4.46. The number of hydrogen-bond acceptors (Lipinski definition) is 4. The summed E-state index contributed by atoms with van der Waals surface area (Å²) in [6, 6.07) is 0. The molecule has 0 aliphatic carbocycles. The second-order valence-corrected chi connectivity index (χ2v) is 6.14. The van der Waals surface area contributed by atoms with Crippen molar-refractivity contribution in [1.82, 2.24) is 9.62 Å². The molecule has 0 bridgehead atoms. The minimum Gasteiger partial charge on any atom is -0.381 e. The Hall–Kier alpha value is -0.660. The van der Waals surface area contributed by atoms with Crippen molar-refractivity contribution in [3.63, 3.8) is 0 Å². The van der Waals surface area contributed by atoms with Gasteiger partial charge in [-0.2, -0.15) is 4.31 Å². The second-order valence-electron chi connectivity index (χ2n) is 4.05. The summed E-state index contributed by atoms with van der Waals surface area (Å²) in [6.07, 6.45) is 2.02. The molecule has 0 aromatic heterocycles. The number of nitrogens with one attached hydrogen (secondary N) is 1. The zero-order valence-corrected chi connectivity index (χ0v) is 10.4. The van der Waals surface area contributed by atoms with Crippen molar-refractivity contribution in [2.45, 2.75) is 6.42 Å². The van der Waals surface area contributed by atoms with Gasteiger partial charge in [0, 0.05) is 26.1 Å². The summed E-state index contributed by atoms with van der Waals surface area (Å²) in [5.74, 6) is 0.0762. The highest BCUT2D eigenvalue weighted by Gasteiger charge is 2.18. The van der Waals surface area contributed by atoms with E-state index in [0.717, 1.165) is 23.6 Å². The Balaban J connectivity index is 2.25. The van der Waals surface area contributed by atoms with Gasteiger partial charge >= 0.3 is 0 Å². The standard InChI is InChI=1S/C9H18N2O4S/c1-11(16(2,13)14)6-9(12)10-5-8-3-4-15-7-8/h8H,3-7H2,1-2H3,(H,10,12). The fraction of sp³-hybridized carbons (Fsp3) is 0.889. The number of carbonyl (C=O) groups excluding carboxylic acids is 1. The zero-order chi connectivity index (χ0) is 12.2. The number of carbonyl (C=O) groups is 1. The number of likely N-dealkylation sites (N-methyl/N-ethyl adjacent to an activating group) is 1. The maximum absolute atomic E-state index is 11.4. The summed E-state index contributed by atoms with van der Waals surface area (Å²) in [5.41, 5.74) is 0. The molecule has 0 saturated carbocycles. The van der Waals surface area contributed by atoms with Gasteiger partial charge in [-0.15, -0.1) is 0 Å². The van der Waals surface area contributed by atoms with E-state index < -0.39 is 10.0 Å². The van der Waals surface area contributed by atoms with Crippen LogP contribution in [-0.4, -0.2) is 58.2 Å². The van der Waals surface area contributed by atoms with Gasteiger partial charge in [-0.25, -0.2) is 8.42 Å². The maximum atomic E-state index is 11.4. The monoisotopic (exact) mass is 250 g/mol. The third-order valence-electron chi connectivity index (χ3n) is 2.54. The Bertz CT molecular complexity index is 335. The quantitative estimate of drug-likeness (QED) is 0.681. The topological polar surface area (TPSA) is 75.7 Å². The lowest BCUT2D eigenvalue weighted by atomic mass is 10.1. The zero-order valence-electron chi connectivity index (χ0n) is 9.60. The van der Waals surface area contributed by atoms with Crippen molar-refractivity contribution in [1.29, 1.82) is 0 Å². The summed E-state index contributed by atoms with van der Waals surface area (Å²) in [4.78, 5) is 11.4. The van der Waals surface area contributed by atoms with Gasteiger partial charge in [-0.3, -0.25) is 4.79 Å². The van der Waals surface area contributed by atoms with Gasteiger partial charge in [0.05, 0.1) is 19.4 Å². The Morgan fingerprint density at radius 2 is 2.25 bits per heavy atom. The molecule has 1 heterocycles. The molecule has 0 radical (unpaired) electrons. The molecule has 1 unspecified atom stereocenters. The van der Waals surface area contributed by atoms with E-state index in [0.29, 0.717) is 19.1 Å². The molecule has 1 amide bonds. The minimum atomic E-state index is -3.29. The van der Waals surface area contributed by atoms with Crippen molar-refractivity contribution in [2.75, 3.05) is 39.6 Å². The summed E-state index contributed by atoms with van der Waals surface area (Å²) in [6.45, 7) is 1.83. The van der Waals surface area contributed by atoms with Crippen molar-refractivity contribution < 1.29 is 17.9 Å². The third-order valence-corrected chi connectivity index (χ3v) is 3.81. The fourth-order valence-corrected chi connectivity index (χ4v) is 1.73. The molecule has 1 saturated heterocycles. The number of hydrogen-bond donors (Lipinski definition) is 1. The SMILES string of the molecule is CN(CC(=O)NCC1CCOC1)S(C)(=O)=O. The van der Waals surface area contributed by atoms with Crippen LogP contribution in [0.2, 0.25) is 0 Å². The second kappa shape index (κ2) is 5.60. The smallest absolute Gasteiger partial charge is 0.235 e. The molecular formula is C9H18N2O4S. The molecule has 0 aromatic rings. The van der Waals surface area contributed by atoms with Crippen LogP contribution >= 0.6 is 0 Å².